The van der Waals surface area contributed by atoms with E-state index in [9.17, 15) is 19.1 Å². The molecule has 2 aromatic rings. The van der Waals surface area contributed by atoms with Gasteiger partial charge in [0, 0.05) is 25.3 Å². The van der Waals surface area contributed by atoms with Crippen molar-refractivity contribution in [2.75, 3.05) is 31.5 Å². The molecule has 4 rings (SSSR count). The van der Waals surface area contributed by atoms with Crippen LogP contribution < -0.4 is 10.6 Å². The number of carboxylic acids is 1. The first-order valence-corrected chi connectivity index (χ1v) is 12.2. The van der Waals surface area contributed by atoms with Gasteiger partial charge in [0.05, 0.1) is 10.6 Å². The number of aliphatic carboxylic acids is 1. The van der Waals surface area contributed by atoms with E-state index in [4.69, 9.17) is 16.6 Å². The van der Waals surface area contributed by atoms with E-state index in [1.54, 1.807) is 0 Å². The molecule has 1 aromatic heterocycles. The molecular formula is C25H30ClFN4O3. The lowest BCUT2D eigenvalue weighted by Gasteiger charge is -2.20. The zero-order valence-corrected chi connectivity index (χ0v) is 19.8. The quantitative estimate of drug-likeness (QED) is 0.497. The molecule has 0 spiro atoms. The molecule has 0 aliphatic carbocycles. The molecule has 182 valence electrons. The highest BCUT2D eigenvalue weighted by Gasteiger charge is 2.27. The topological polar surface area (TPSA) is 94.6 Å². The van der Waals surface area contributed by atoms with Crippen molar-refractivity contribution in [3.63, 3.8) is 0 Å². The predicted molar refractivity (Wildman–Crippen MR) is 129 cm³/mol. The Labute approximate surface area is 203 Å². The van der Waals surface area contributed by atoms with Crippen molar-refractivity contribution in [3.8, 4) is 0 Å². The molecule has 3 N–H and O–H groups in total. The van der Waals surface area contributed by atoms with Gasteiger partial charge in [-0.25, -0.2) is 14.2 Å². The van der Waals surface area contributed by atoms with E-state index < -0.39 is 23.7 Å². The number of likely N-dealkylation sites (tertiary alicyclic amines) is 1. The first-order valence-electron chi connectivity index (χ1n) is 11.8. The van der Waals surface area contributed by atoms with Crippen LogP contribution in [0.5, 0.6) is 0 Å². The number of aromatic nitrogens is 1. The Morgan fingerprint density at radius 3 is 3.00 bits per heavy atom. The van der Waals surface area contributed by atoms with Gasteiger partial charge in [0.2, 0.25) is 0 Å². The summed E-state index contributed by atoms with van der Waals surface area (Å²) in [6, 6.07) is 7.13. The highest BCUT2D eigenvalue weighted by Crippen LogP contribution is 2.24. The normalized spacial score (nSPS) is 18.7. The highest BCUT2D eigenvalue weighted by molar-refractivity contribution is 6.34. The minimum atomic E-state index is -1.12. The van der Waals surface area contributed by atoms with Crippen LogP contribution in [0.15, 0.2) is 30.3 Å². The number of hydrogen-bond acceptors (Lipinski definition) is 5. The molecule has 2 aliphatic rings. The SMILES string of the molecule is O=C(NC(CCN1CC[C@H](CCc2ccc3c(n2)NCCC3)C1)C(=O)O)c1cccc(F)c1Cl. The Morgan fingerprint density at radius 2 is 2.18 bits per heavy atom. The molecule has 1 unspecified atom stereocenters. The fourth-order valence-electron chi connectivity index (χ4n) is 4.70. The Kier molecular flexibility index (Phi) is 8.00. The van der Waals surface area contributed by atoms with Crippen LogP contribution in [0.2, 0.25) is 5.02 Å². The van der Waals surface area contributed by atoms with Crippen molar-refractivity contribution in [1.82, 2.24) is 15.2 Å². The predicted octanol–water partition coefficient (Wildman–Crippen LogP) is 3.76. The number of nitrogens with zero attached hydrogens (tertiary/aromatic N) is 2. The fourth-order valence-corrected chi connectivity index (χ4v) is 4.91. The third kappa shape index (κ3) is 6.04. The Hall–Kier alpha value is -2.71. The number of nitrogens with one attached hydrogen (secondary N) is 2. The van der Waals surface area contributed by atoms with Crippen molar-refractivity contribution < 1.29 is 19.1 Å². The van der Waals surface area contributed by atoms with Gasteiger partial charge in [-0.3, -0.25) is 4.79 Å². The number of pyridine rings is 1. The molecule has 34 heavy (non-hydrogen) atoms. The van der Waals surface area contributed by atoms with Gasteiger partial charge >= 0.3 is 5.97 Å². The van der Waals surface area contributed by atoms with Crippen molar-refractivity contribution in [2.24, 2.45) is 5.92 Å². The number of carboxylic acid groups (broad SMARTS) is 1. The number of rotatable bonds is 9. The zero-order valence-electron chi connectivity index (χ0n) is 19.0. The summed E-state index contributed by atoms with van der Waals surface area (Å²) < 4.78 is 13.6. The molecule has 1 amide bonds. The number of fused-ring (bicyclic) bond motifs is 1. The van der Waals surface area contributed by atoms with E-state index in [2.05, 4.69) is 27.7 Å². The number of benzene rings is 1. The van der Waals surface area contributed by atoms with Crippen LogP contribution in [0.25, 0.3) is 0 Å². The average Bonchev–Trinajstić information content (AvgIpc) is 3.29. The summed E-state index contributed by atoms with van der Waals surface area (Å²) in [6.07, 6.45) is 5.53. The van der Waals surface area contributed by atoms with Gasteiger partial charge in [-0.15, -0.1) is 0 Å². The van der Waals surface area contributed by atoms with Crippen LogP contribution in [0, 0.1) is 11.7 Å². The van der Waals surface area contributed by atoms with Crippen molar-refractivity contribution in [3.05, 3.63) is 58.0 Å². The number of carbonyl (C=O) groups excluding carboxylic acids is 1. The number of anilines is 1. The second-order valence-electron chi connectivity index (χ2n) is 9.09. The third-order valence-electron chi connectivity index (χ3n) is 6.66. The van der Waals surface area contributed by atoms with Crippen LogP contribution in [0.3, 0.4) is 0 Å². The Bertz CT molecular complexity index is 1050. The molecule has 3 heterocycles. The summed E-state index contributed by atoms with van der Waals surface area (Å²) in [5.41, 5.74) is 2.33. The summed E-state index contributed by atoms with van der Waals surface area (Å²) in [5.74, 6) is -0.967. The van der Waals surface area contributed by atoms with Crippen molar-refractivity contribution in [1.29, 1.82) is 0 Å². The second kappa shape index (κ2) is 11.1. The maximum atomic E-state index is 13.6. The van der Waals surface area contributed by atoms with Gasteiger partial charge in [0.15, 0.2) is 0 Å². The van der Waals surface area contributed by atoms with E-state index in [-0.39, 0.29) is 17.0 Å². The van der Waals surface area contributed by atoms with Crippen LogP contribution in [0.4, 0.5) is 10.2 Å². The molecule has 2 aliphatic heterocycles. The van der Waals surface area contributed by atoms with E-state index in [0.717, 1.165) is 69.3 Å². The standard InChI is InChI=1S/C25H30ClFN4O3/c26-22-19(4-1-5-20(22)27)24(32)30-21(25(33)34)11-14-31-13-10-16(15-31)6-8-18-9-7-17-3-2-12-28-23(17)29-18/h1,4-5,7,9,16,21H,2-3,6,8,10-15H2,(H,28,29)(H,30,32)(H,33,34)/t16-,21?/m0/s1. The fraction of sp³-hybridized carbons (Fsp3) is 0.480. The summed E-state index contributed by atoms with van der Waals surface area (Å²) in [4.78, 5) is 31.2. The molecule has 0 saturated carbocycles. The van der Waals surface area contributed by atoms with Crippen LogP contribution in [0.1, 0.15) is 47.3 Å². The second-order valence-corrected chi connectivity index (χ2v) is 9.47. The monoisotopic (exact) mass is 488 g/mol. The van der Waals surface area contributed by atoms with Gasteiger partial charge in [-0.05, 0) is 74.8 Å². The Balaban J connectivity index is 1.24. The minimum Gasteiger partial charge on any atom is -0.480 e. The van der Waals surface area contributed by atoms with Crippen LogP contribution in [-0.4, -0.2) is 59.1 Å². The van der Waals surface area contributed by atoms with Crippen molar-refractivity contribution >= 4 is 29.3 Å². The summed E-state index contributed by atoms with van der Waals surface area (Å²) in [6.45, 7) is 3.35. The molecular weight excluding hydrogens is 459 g/mol. The maximum absolute atomic E-state index is 13.6. The highest BCUT2D eigenvalue weighted by atomic mass is 35.5. The molecule has 2 atom stereocenters. The van der Waals surface area contributed by atoms with E-state index in [1.165, 1.54) is 17.7 Å². The molecule has 7 nitrogen and oxygen atoms in total. The molecule has 9 heteroatoms. The first kappa shape index (κ1) is 24.4. The smallest absolute Gasteiger partial charge is 0.326 e. The first-order chi connectivity index (χ1) is 16.4. The van der Waals surface area contributed by atoms with E-state index in [1.807, 2.05) is 0 Å². The zero-order chi connectivity index (χ0) is 24.1. The van der Waals surface area contributed by atoms with Crippen LogP contribution >= 0.6 is 11.6 Å². The molecule has 1 saturated heterocycles. The molecule has 0 radical (unpaired) electrons. The molecule has 0 bridgehead atoms. The van der Waals surface area contributed by atoms with E-state index in [0.29, 0.717) is 12.5 Å². The third-order valence-corrected chi connectivity index (χ3v) is 7.05. The van der Waals surface area contributed by atoms with Crippen molar-refractivity contribution in [2.45, 2.75) is 44.6 Å². The number of hydrogen-bond donors (Lipinski definition) is 3. The lowest BCUT2D eigenvalue weighted by atomic mass is 10.00. The molecule has 1 aromatic carbocycles. The molecule has 1 fully saturated rings. The summed E-state index contributed by atoms with van der Waals surface area (Å²) in [5, 5.41) is 15.1. The summed E-state index contributed by atoms with van der Waals surface area (Å²) in [7, 11) is 0. The number of amides is 1. The van der Waals surface area contributed by atoms with Gasteiger partial charge < -0.3 is 20.6 Å². The minimum absolute atomic E-state index is 0.0693. The summed E-state index contributed by atoms with van der Waals surface area (Å²) >= 11 is 5.86. The van der Waals surface area contributed by atoms with Gasteiger partial charge in [-0.2, -0.15) is 0 Å². The number of carbonyl (C=O) groups is 2. The van der Waals surface area contributed by atoms with Gasteiger partial charge in [-0.1, -0.05) is 23.7 Å². The van der Waals surface area contributed by atoms with Gasteiger partial charge in [0.1, 0.15) is 17.7 Å². The van der Waals surface area contributed by atoms with Crippen LogP contribution in [-0.2, 0) is 17.6 Å². The average molecular weight is 489 g/mol. The largest absolute Gasteiger partial charge is 0.480 e. The van der Waals surface area contributed by atoms with E-state index >= 15 is 0 Å². The number of halogens is 2. The number of aryl methyl sites for hydroxylation is 2. The Morgan fingerprint density at radius 1 is 1.32 bits per heavy atom. The maximum Gasteiger partial charge on any atom is 0.326 e. The lowest BCUT2D eigenvalue weighted by Crippen LogP contribution is -2.43. The van der Waals surface area contributed by atoms with Gasteiger partial charge in [0.25, 0.3) is 5.91 Å². The lowest BCUT2D eigenvalue weighted by molar-refractivity contribution is -0.139.